The van der Waals surface area contributed by atoms with Crippen LogP contribution in [0.5, 0.6) is 0 Å². The average Bonchev–Trinajstić information content (AvgIpc) is 2.70. The lowest BCUT2D eigenvalue weighted by Gasteiger charge is -2.18. The fraction of sp³-hybridized carbons (Fsp3) is 0.636. The van der Waals surface area contributed by atoms with Crippen molar-refractivity contribution in [2.24, 2.45) is 5.92 Å². The smallest absolute Gasteiger partial charge is 0.330 e. The zero-order valence-electron chi connectivity index (χ0n) is 10.2. The monoisotopic (exact) mass is 274 g/mol. The summed E-state index contributed by atoms with van der Waals surface area (Å²) in [5, 5.41) is 19.0. The maximum absolute atomic E-state index is 12.8. The van der Waals surface area contributed by atoms with Gasteiger partial charge in [0.05, 0.1) is 19.4 Å². The van der Waals surface area contributed by atoms with E-state index < -0.39 is 48.9 Å². The second-order valence-corrected chi connectivity index (χ2v) is 4.54. The van der Waals surface area contributed by atoms with E-state index in [4.69, 9.17) is 9.84 Å². The summed E-state index contributed by atoms with van der Waals surface area (Å²) in [6.45, 7) is 0.158. The van der Waals surface area contributed by atoms with Crippen LogP contribution in [0.25, 0.3) is 0 Å². The highest BCUT2D eigenvalue weighted by Crippen LogP contribution is 2.33. The molecule has 1 fully saturated rings. The Bertz CT molecular complexity index is 569. The Balaban J connectivity index is 2.41. The molecule has 7 nitrogen and oxygen atoms in total. The molecule has 0 aromatic carbocycles. The van der Waals surface area contributed by atoms with Crippen molar-refractivity contribution in [3.8, 4) is 0 Å². The zero-order valence-corrected chi connectivity index (χ0v) is 10.2. The first-order valence-electron chi connectivity index (χ1n) is 5.82. The molecule has 106 valence electrons. The van der Waals surface area contributed by atoms with Gasteiger partial charge in [0.2, 0.25) is 0 Å². The summed E-state index contributed by atoms with van der Waals surface area (Å²) in [5.74, 6) is -0.908. The molecule has 1 aromatic heterocycles. The molecule has 4 atom stereocenters. The van der Waals surface area contributed by atoms with Crippen LogP contribution in [-0.4, -0.2) is 45.3 Å². The van der Waals surface area contributed by atoms with Crippen molar-refractivity contribution in [3.63, 3.8) is 0 Å². The summed E-state index contributed by atoms with van der Waals surface area (Å²) in [7, 11) is 0. The number of aromatic amines is 1. The Morgan fingerprint density at radius 1 is 1.53 bits per heavy atom. The van der Waals surface area contributed by atoms with Gasteiger partial charge in [-0.1, -0.05) is 0 Å². The van der Waals surface area contributed by atoms with Gasteiger partial charge >= 0.3 is 5.69 Å². The number of aromatic nitrogens is 2. The first-order valence-corrected chi connectivity index (χ1v) is 5.82. The van der Waals surface area contributed by atoms with Crippen molar-refractivity contribution >= 4 is 0 Å². The molecular weight excluding hydrogens is 259 g/mol. The maximum atomic E-state index is 12.8. The maximum Gasteiger partial charge on any atom is 0.330 e. The van der Waals surface area contributed by atoms with Crippen LogP contribution in [0.3, 0.4) is 0 Å². The second kappa shape index (κ2) is 5.24. The number of nitrogens with one attached hydrogen (secondary N) is 1. The number of aliphatic hydroxyl groups is 2. The third-order valence-corrected chi connectivity index (χ3v) is 3.30. The van der Waals surface area contributed by atoms with Gasteiger partial charge in [0, 0.05) is 17.7 Å². The molecule has 0 spiro atoms. The van der Waals surface area contributed by atoms with Crippen molar-refractivity contribution in [1.29, 1.82) is 0 Å². The summed E-state index contributed by atoms with van der Waals surface area (Å²) < 4.78 is 19.1. The molecule has 1 aliphatic rings. The highest BCUT2D eigenvalue weighted by atomic mass is 19.1. The average molecular weight is 274 g/mol. The highest BCUT2D eigenvalue weighted by molar-refractivity contribution is 5.03. The standard InChI is InChI=1S/C11H15FN2O5/c1-5-3-14(11(18)13-9(5)17)10-8(16)6(2-12)7(4-15)19-10/h3,6-8,10,15-16H,2,4H2,1H3,(H,13,17,18)/t6?,7-,8-,10-/m1/s1. The van der Waals surface area contributed by atoms with Gasteiger partial charge in [-0.25, -0.2) is 4.79 Å². The Hall–Kier alpha value is -1.51. The van der Waals surface area contributed by atoms with E-state index in [2.05, 4.69) is 4.98 Å². The molecule has 2 heterocycles. The van der Waals surface area contributed by atoms with E-state index in [9.17, 15) is 19.1 Å². The van der Waals surface area contributed by atoms with Crippen LogP contribution in [0, 0.1) is 12.8 Å². The van der Waals surface area contributed by atoms with Gasteiger partial charge in [0.1, 0.15) is 6.10 Å². The van der Waals surface area contributed by atoms with Crippen LogP contribution >= 0.6 is 0 Å². The van der Waals surface area contributed by atoms with Crippen LogP contribution in [-0.2, 0) is 4.74 Å². The molecule has 2 rings (SSSR count). The van der Waals surface area contributed by atoms with E-state index in [1.807, 2.05) is 0 Å². The topological polar surface area (TPSA) is 105 Å². The molecule has 1 unspecified atom stereocenters. The molecule has 19 heavy (non-hydrogen) atoms. The lowest BCUT2D eigenvalue weighted by Crippen LogP contribution is -2.37. The fourth-order valence-corrected chi connectivity index (χ4v) is 2.17. The molecule has 0 radical (unpaired) electrons. The largest absolute Gasteiger partial charge is 0.394 e. The summed E-state index contributed by atoms with van der Waals surface area (Å²) in [5.41, 5.74) is -1.02. The number of H-pyrrole nitrogens is 1. The minimum Gasteiger partial charge on any atom is -0.394 e. The summed E-state index contributed by atoms with van der Waals surface area (Å²) in [6.07, 6.45) is -2.04. The fourth-order valence-electron chi connectivity index (χ4n) is 2.17. The van der Waals surface area contributed by atoms with Gasteiger partial charge < -0.3 is 14.9 Å². The molecule has 1 saturated heterocycles. The predicted octanol–water partition coefficient (Wildman–Crippen LogP) is -1.32. The molecule has 8 heteroatoms. The zero-order chi connectivity index (χ0) is 14.2. The number of hydrogen-bond acceptors (Lipinski definition) is 5. The lowest BCUT2D eigenvalue weighted by atomic mass is 10.00. The number of rotatable bonds is 3. The van der Waals surface area contributed by atoms with Crippen molar-refractivity contribution in [3.05, 3.63) is 32.6 Å². The molecule has 0 bridgehead atoms. The van der Waals surface area contributed by atoms with Gasteiger partial charge in [-0.05, 0) is 6.92 Å². The molecule has 1 aromatic rings. The van der Waals surface area contributed by atoms with Crippen molar-refractivity contribution in [2.75, 3.05) is 13.3 Å². The first kappa shape index (κ1) is 13.9. The lowest BCUT2D eigenvalue weighted by molar-refractivity contribution is -0.0537. The minimum atomic E-state index is -1.27. The number of aryl methyl sites for hydroxylation is 1. The van der Waals surface area contributed by atoms with Crippen molar-refractivity contribution in [2.45, 2.75) is 25.4 Å². The molecule has 1 aliphatic heterocycles. The van der Waals surface area contributed by atoms with Gasteiger partial charge in [0.25, 0.3) is 5.56 Å². The predicted molar refractivity (Wildman–Crippen MR) is 62.5 cm³/mol. The number of halogens is 1. The highest BCUT2D eigenvalue weighted by Gasteiger charge is 2.44. The van der Waals surface area contributed by atoms with E-state index in [0.29, 0.717) is 0 Å². The van der Waals surface area contributed by atoms with Gasteiger partial charge in [-0.3, -0.25) is 18.7 Å². The first-order chi connectivity index (χ1) is 8.99. The SMILES string of the molecule is Cc1cn([C@@H]2O[C@H](CO)C(CF)[C@H]2O)c(=O)[nH]c1=O. The Morgan fingerprint density at radius 3 is 2.74 bits per heavy atom. The summed E-state index contributed by atoms with van der Waals surface area (Å²) in [4.78, 5) is 25.0. The number of alkyl halides is 1. The molecule has 0 saturated carbocycles. The van der Waals surface area contributed by atoms with Crippen LogP contribution < -0.4 is 11.2 Å². The van der Waals surface area contributed by atoms with Crippen LogP contribution in [0.2, 0.25) is 0 Å². The Labute approximate surface area is 107 Å². The van der Waals surface area contributed by atoms with Crippen molar-refractivity contribution < 1.29 is 19.3 Å². The number of hydrogen-bond donors (Lipinski definition) is 3. The van der Waals surface area contributed by atoms with Crippen LogP contribution in [0.1, 0.15) is 11.8 Å². The van der Waals surface area contributed by atoms with E-state index in [1.165, 1.54) is 13.1 Å². The van der Waals surface area contributed by atoms with Crippen LogP contribution in [0.15, 0.2) is 15.8 Å². The van der Waals surface area contributed by atoms with Crippen molar-refractivity contribution in [1.82, 2.24) is 9.55 Å². The van der Waals surface area contributed by atoms with E-state index in [-0.39, 0.29) is 5.56 Å². The number of aliphatic hydroxyl groups excluding tert-OH is 2. The van der Waals surface area contributed by atoms with Gasteiger partial charge in [-0.2, -0.15) is 0 Å². The minimum absolute atomic E-state index is 0.264. The third-order valence-electron chi connectivity index (χ3n) is 3.30. The molecule has 3 N–H and O–H groups in total. The quantitative estimate of drug-likeness (QED) is 0.634. The van der Waals surface area contributed by atoms with E-state index >= 15 is 0 Å². The third kappa shape index (κ3) is 2.34. The number of nitrogens with zero attached hydrogens (tertiary/aromatic N) is 1. The molecule has 0 amide bonds. The van der Waals surface area contributed by atoms with E-state index in [0.717, 1.165) is 4.57 Å². The second-order valence-electron chi connectivity index (χ2n) is 4.54. The summed E-state index contributed by atoms with van der Waals surface area (Å²) >= 11 is 0. The van der Waals surface area contributed by atoms with Gasteiger partial charge in [-0.15, -0.1) is 0 Å². The molecule has 0 aliphatic carbocycles. The van der Waals surface area contributed by atoms with Gasteiger partial charge in [0.15, 0.2) is 6.23 Å². The normalized spacial score (nSPS) is 30.7. The van der Waals surface area contributed by atoms with E-state index in [1.54, 1.807) is 0 Å². The number of ether oxygens (including phenoxy) is 1. The Morgan fingerprint density at radius 2 is 2.21 bits per heavy atom. The van der Waals surface area contributed by atoms with Crippen LogP contribution in [0.4, 0.5) is 4.39 Å². The summed E-state index contributed by atoms with van der Waals surface area (Å²) in [6, 6.07) is 0. The molecular formula is C11H15FN2O5. The Kier molecular flexibility index (Phi) is 3.83.